The van der Waals surface area contributed by atoms with Gasteiger partial charge < -0.3 is 18.9 Å². The van der Waals surface area contributed by atoms with Gasteiger partial charge in [0.1, 0.15) is 16.8 Å². The molecule has 3 aliphatic rings. The van der Waals surface area contributed by atoms with Crippen molar-refractivity contribution in [3.8, 4) is 5.75 Å². The van der Waals surface area contributed by atoms with Crippen LogP contribution >= 0.6 is 11.6 Å². The van der Waals surface area contributed by atoms with Crippen molar-refractivity contribution in [2.45, 2.75) is 83.4 Å². The van der Waals surface area contributed by atoms with E-state index in [0.29, 0.717) is 42.4 Å². The number of morpholine rings is 1. The molecule has 5 atom stereocenters. The molecule has 252 valence electrons. The maximum atomic E-state index is 15.4. The lowest BCUT2D eigenvalue weighted by Crippen LogP contribution is -2.48. The second-order valence-corrected chi connectivity index (χ2v) is 14.9. The molecule has 0 saturated carbocycles. The van der Waals surface area contributed by atoms with Crippen molar-refractivity contribution < 1.29 is 23.2 Å². The van der Waals surface area contributed by atoms with E-state index >= 15 is 4.39 Å². The highest BCUT2D eigenvalue weighted by Gasteiger charge is 2.33. The third-order valence-electron chi connectivity index (χ3n) is 9.86. The molecule has 0 radical (unpaired) electrons. The van der Waals surface area contributed by atoms with Gasteiger partial charge in [0, 0.05) is 50.1 Å². The van der Waals surface area contributed by atoms with Crippen LogP contribution in [0, 0.1) is 11.7 Å². The van der Waals surface area contributed by atoms with Gasteiger partial charge in [0.25, 0.3) is 5.91 Å². The summed E-state index contributed by atoms with van der Waals surface area (Å²) in [6.07, 6.45) is 7.17. The third kappa shape index (κ3) is 8.04. The summed E-state index contributed by atoms with van der Waals surface area (Å²) in [5, 5.41) is -0.0519. The zero-order valence-electron chi connectivity index (χ0n) is 27.7. The van der Waals surface area contributed by atoms with E-state index < -0.39 is 11.4 Å². The Kier molecular flexibility index (Phi) is 12.3. The highest BCUT2D eigenvalue weighted by molar-refractivity contribution is 7.90. The molecule has 2 aromatic carbocycles. The maximum Gasteiger partial charge on any atom is 0.292 e. The summed E-state index contributed by atoms with van der Waals surface area (Å²) in [5.74, 6) is 0.258. The molecule has 10 heteroatoms. The van der Waals surface area contributed by atoms with Crippen LogP contribution in [0.3, 0.4) is 0 Å². The normalized spacial score (nSPS) is 28.1. The van der Waals surface area contributed by atoms with Gasteiger partial charge in [-0.1, -0.05) is 56.0 Å². The van der Waals surface area contributed by atoms with Gasteiger partial charge in [-0.15, -0.1) is 0 Å². The monoisotopic (exact) mass is 673 g/mol. The lowest BCUT2D eigenvalue weighted by molar-refractivity contribution is 0.0103. The first-order valence-corrected chi connectivity index (χ1v) is 18.5. The second-order valence-electron chi connectivity index (χ2n) is 12.9. The Labute approximate surface area is 282 Å². The van der Waals surface area contributed by atoms with E-state index in [-0.39, 0.29) is 34.0 Å². The number of rotatable bonds is 5. The summed E-state index contributed by atoms with van der Waals surface area (Å²) in [5.41, 5.74) is 4.18. The Morgan fingerprint density at radius 3 is 2.65 bits per heavy atom. The molecular weight excluding hydrogens is 625 g/mol. The molecule has 0 aromatic heterocycles. The van der Waals surface area contributed by atoms with Gasteiger partial charge in [-0.2, -0.15) is 4.72 Å². The van der Waals surface area contributed by atoms with Crippen LogP contribution in [-0.4, -0.2) is 72.7 Å². The van der Waals surface area contributed by atoms with Crippen molar-refractivity contribution in [2.24, 2.45) is 5.92 Å². The molecule has 0 aliphatic carbocycles. The van der Waals surface area contributed by atoms with Crippen LogP contribution in [0.2, 0.25) is 5.02 Å². The van der Waals surface area contributed by atoms with Crippen LogP contribution in [0.15, 0.2) is 42.0 Å². The average molecular weight is 674 g/mol. The minimum absolute atomic E-state index is 0.103. The van der Waals surface area contributed by atoms with Crippen LogP contribution in [0.25, 0.3) is 0 Å². The number of nitrogens with zero attached hydrogens (tertiary/aromatic N) is 2. The summed E-state index contributed by atoms with van der Waals surface area (Å²) >= 11 is 4.72. The average Bonchev–Trinajstić information content (AvgIpc) is 3.24. The van der Waals surface area contributed by atoms with Gasteiger partial charge in [0.2, 0.25) is 0 Å². The molecule has 1 amide bonds. The fourth-order valence-corrected chi connectivity index (χ4v) is 8.30. The summed E-state index contributed by atoms with van der Waals surface area (Å²) in [7, 11) is 0. The number of carbonyl (C=O) groups excluding carboxylic acids is 1. The first-order chi connectivity index (χ1) is 22.2. The maximum absolute atomic E-state index is 15.4. The number of anilines is 1. The number of ether oxygens (including phenoxy) is 2. The minimum Gasteiger partial charge on any atom is -0.593 e. The zero-order chi connectivity index (χ0) is 32.8. The quantitative estimate of drug-likeness (QED) is 0.271. The highest BCUT2D eigenvalue weighted by Crippen LogP contribution is 2.39. The molecule has 1 saturated heterocycles. The van der Waals surface area contributed by atoms with Gasteiger partial charge in [0.05, 0.1) is 41.9 Å². The summed E-state index contributed by atoms with van der Waals surface area (Å²) in [6, 6.07) is 9.30. The second kappa shape index (κ2) is 16.2. The number of hydrogen-bond donors (Lipinski definition) is 1. The molecule has 46 heavy (non-hydrogen) atoms. The topological polar surface area (TPSA) is 77.1 Å². The number of benzene rings is 2. The number of hydrogen-bond acceptors (Lipinski definition) is 6. The SMILES string of the molecule is CCCc1c(C2COc3ccc4cc3N(CCC(CC)C(N3CCOCC3)/C(C)=C/CCC(C)[S+]([O-])NC4=O)C2)ccc(Cl)c1F. The van der Waals surface area contributed by atoms with Crippen molar-refractivity contribution in [1.82, 2.24) is 9.62 Å². The van der Waals surface area contributed by atoms with E-state index in [1.165, 1.54) is 5.57 Å². The van der Waals surface area contributed by atoms with Crippen molar-refractivity contribution >= 4 is 34.6 Å². The van der Waals surface area contributed by atoms with Crippen LogP contribution in [0.1, 0.15) is 87.2 Å². The van der Waals surface area contributed by atoms with Gasteiger partial charge in [-0.25, -0.2) is 4.39 Å². The Balaban J connectivity index is 1.55. The third-order valence-corrected chi connectivity index (χ3v) is 11.5. The van der Waals surface area contributed by atoms with Crippen molar-refractivity contribution in [1.29, 1.82) is 0 Å². The van der Waals surface area contributed by atoms with E-state index in [9.17, 15) is 9.35 Å². The lowest BCUT2D eigenvalue weighted by Gasteiger charge is -2.40. The molecule has 5 rings (SSSR count). The van der Waals surface area contributed by atoms with E-state index in [2.05, 4.69) is 34.4 Å². The highest BCUT2D eigenvalue weighted by atomic mass is 35.5. The largest absolute Gasteiger partial charge is 0.593 e. The van der Waals surface area contributed by atoms with Crippen molar-refractivity contribution in [3.05, 3.63) is 69.5 Å². The Hall–Kier alpha value is -2.30. The van der Waals surface area contributed by atoms with Gasteiger partial charge in [0.15, 0.2) is 0 Å². The van der Waals surface area contributed by atoms with Gasteiger partial charge in [-0.05, 0) is 74.4 Å². The van der Waals surface area contributed by atoms with Gasteiger partial charge in [-0.3, -0.25) is 9.69 Å². The van der Waals surface area contributed by atoms with E-state index in [1.54, 1.807) is 12.1 Å². The van der Waals surface area contributed by atoms with Crippen LogP contribution in [0.4, 0.5) is 10.1 Å². The molecule has 0 spiro atoms. The number of carbonyl (C=O) groups is 1. The first kappa shape index (κ1) is 35.0. The van der Waals surface area contributed by atoms with Crippen LogP contribution < -0.4 is 14.4 Å². The molecule has 5 unspecified atom stereocenters. The van der Waals surface area contributed by atoms with E-state index in [4.69, 9.17) is 21.1 Å². The molecule has 1 fully saturated rings. The summed E-state index contributed by atoms with van der Waals surface area (Å²) < 4.78 is 43.4. The Morgan fingerprint density at radius 2 is 1.91 bits per heavy atom. The number of amides is 1. The molecule has 2 bridgehead atoms. The van der Waals surface area contributed by atoms with E-state index in [0.717, 1.165) is 76.2 Å². The standard InChI is InChI=1S/C36H49ClFN3O4S/c1-5-8-30-29(12-13-31(37)34(30)38)28-22-41-16-15-26(6-2)35(40-17-19-44-20-18-40)24(3)9-7-10-25(4)46(43)39-36(42)27-11-14-33(45-23-28)32(41)21-27/h9,11-14,21,25-26,28,35H,5-8,10,15-20,22-23H2,1-4H3,(H,39,42)/b24-9+. The Morgan fingerprint density at radius 1 is 1.13 bits per heavy atom. The summed E-state index contributed by atoms with van der Waals surface area (Å²) in [6.45, 7) is 13.5. The van der Waals surface area contributed by atoms with Crippen LogP contribution in [-0.2, 0) is 22.5 Å². The number of allylic oxidation sites excluding steroid dienone is 1. The summed E-state index contributed by atoms with van der Waals surface area (Å²) in [4.78, 5) is 18.2. The number of fused-ring (bicyclic) bond motifs is 1. The van der Waals surface area contributed by atoms with Crippen molar-refractivity contribution in [2.75, 3.05) is 50.9 Å². The fourth-order valence-electron chi connectivity index (χ4n) is 7.27. The molecule has 7 nitrogen and oxygen atoms in total. The number of halogens is 2. The fraction of sp³-hybridized carbons (Fsp3) is 0.583. The Bertz CT molecular complexity index is 1390. The smallest absolute Gasteiger partial charge is 0.292 e. The predicted molar refractivity (Wildman–Crippen MR) is 185 cm³/mol. The molecular formula is C36H49ClFN3O4S. The zero-order valence-corrected chi connectivity index (χ0v) is 29.2. The molecule has 3 aliphatic heterocycles. The minimum atomic E-state index is -1.52. The lowest BCUT2D eigenvalue weighted by atomic mass is 9.86. The molecule has 3 heterocycles. The first-order valence-electron chi connectivity index (χ1n) is 16.9. The van der Waals surface area contributed by atoms with E-state index in [1.807, 2.05) is 32.0 Å². The number of nitrogens with one attached hydrogen (secondary N) is 1. The van der Waals surface area contributed by atoms with Gasteiger partial charge >= 0.3 is 0 Å². The molecule has 1 N–H and O–H groups in total. The van der Waals surface area contributed by atoms with Crippen molar-refractivity contribution in [3.63, 3.8) is 0 Å². The van der Waals surface area contributed by atoms with Crippen LogP contribution in [0.5, 0.6) is 5.75 Å². The molecule has 2 aromatic rings. The predicted octanol–water partition coefficient (Wildman–Crippen LogP) is 7.05.